The van der Waals surface area contributed by atoms with E-state index in [2.05, 4.69) is 0 Å². The van der Waals surface area contributed by atoms with Crippen LogP contribution < -0.4 is 0 Å². The Hall–Kier alpha value is -2.20. The maximum atomic E-state index is 13.1. The van der Waals surface area contributed by atoms with Gasteiger partial charge in [-0.2, -0.15) is 0 Å². The molecule has 0 N–H and O–H groups in total. The van der Waals surface area contributed by atoms with E-state index in [9.17, 15) is 18.5 Å². The standard InChI is InChI=1S/C17H17N3O4S2/c1-18(2)17-12-16(13-6-4-3-5-7-13)25-20(17)26(23,24)15-10-8-14(9-11-15)19(21)22/h3-12,17H,1-2H3. The Morgan fingerprint density at radius 3 is 2.23 bits per heavy atom. The molecular weight excluding hydrogens is 374 g/mol. The molecule has 0 fully saturated rings. The number of hydrogen-bond acceptors (Lipinski definition) is 6. The van der Waals surface area contributed by atoms with Crippen molar-refractivity contribution in [1.29, 1.82) is 0 Å². The van der Waals surface area contributed by atoms with Gasteiger partial charge in [0, 0.05) is 17.0 Å². The average Bonchev–Trinajstić information content (AvgIpc) is 3.09. The van der Waals surface area contributed by atoms with Crippen molar-refractivity contribution < 1.29 is 13.3 Å². The molecule has 7 nitrogen and oxygen atoms in total. The van der Waals surface area contributed by atoms with Crippen molar-refractivity contribution in [3.05, 3.63) is 76.4 Å². The van der Waals surface area contributed by atoms with Crippen LogP contribution in [0.4, 0.5) is 5.69 Å². The van der Waals surface area contributed by atoms with Crippen molar-refractivity contribution in [2.24, 2.45) is 0 Å². The number of benzene rings is 2. The minimum atomic E-state index is -3.84. The van der Waals surface area contributed by atoms with Crippen LogP contribution in [0.25, 0.3) is 4.91 Å². The fraction of sp³-hybridized carbons (Fsp3) is 0.176. The van der Waals surface area contributed by atoms with Gasteiger partial charge in [-0.1, -0.05) is 30.3 Å². The first-order chi connectivity index (χ1) is 12.3. The van der Waals surface area contributed by atoms with Crippen LogP contribution in [0, 0.1) is 10.1 Å². The third-order valence-electron chi connectivity index (χ3n) is 3.87. The van der Waals surface area contributed by atoms with Crippen LogP contribution in [0.3, 0.4) is 0 Å². The molecule has 2 aromatic carbocycles. The van der Waals surface area contributed by atoms with E-state index in [0.29, 0.717) is 0 Å². The highest BCUT2D eigenvalue weighted by molar-refractivity contribution is 8.14. The maximum Gasteiger partial charge on any atom is 0.269 e. The van der Waals surface area contributed by atoms with Crippen molar-refractivity contribution in [1.82, 2.24) is 8.61 Å². The summed E-state index contributed by atoms with van der Waals surface area (Å²) in [5, 5.41) is 10.8. The van der Waals surface area contributed by atoms with Crippen LogP contribution in [0.5, 0.6) is 0 Å². The molecule has 0 saturated heterocycles. The molecule has 1 heterocycles. The number of nitro groups is 1. The lowest BCUT2D eigenvalue weighted by Gasteiger charge is -2.27. The topological polar surface area (TPSA) is 83.8 Å². The second-order valence-electron chi connectivity index (χ2n) is 5.88. The lowest BCUT2D eigenvalue weighted by molar-refractivity contribution is -0.384. The van der Waals surface area contributed by atoms with Crippen LogP contribution in [-0.4, -0.2) is 42.2 Å². The third kappa shape index (κ3) is 3.51. The fourth-order valence-electron chi connectivity index (χ4n) is 2.50. The van der Waals surface area contributed by atoms with Gasteiger partial charge in [-0.3, -0.25) is 15.0 Å². The number of likely N-dealkylation sites (N-methyl/N-ethyl adjacent to an activating group) is 1. The number of hydrogen-bond donors (Lipinski definition) is 0. The van der Waals surface area contributed by atoms with Gasteiger partial charge in [0.15, 0.2) is 0 Å². The average molecular weight is 391 g/mol. The fourth-order valence-corrected chi connectivity index (χ4v) is 5.59. The first-order valence-corrected chi connectivity index (χ1v) is 9.92. The summed E-state index contributed by atoms with van der Waals surface area (Å²) in [5.74, 6) is 0. The van der Waals surface area contributed by atoms with Crippen molar-refractivity contribution in [2.75, 3.05) is 14.1 Å². The lowest BCUT2D eigenvalue weighted by Crippen LogP contribution is -2.40. The molecule has 0 spiro atoms. The van der Waals surface area contributed by atoms with Gasteiger partial charge in [0.25, 0.3) is 15.7 Å². The molecule has 0 aromatic heterocycles. The monoisotopic (exact) mass is 391 g/mol. The molecule has 0 aliphatic carbocycles. The Kier molecular flexibility index (Phi) is 5.15. The highest BCUT2D eigenvalue weighted by Crippen LogP contribution is 2.43. The molecule has 136 valence electrons. The Labute approximate surface area is 156 Å². The van der Waals surface area contributed by atoms with Crippen molar-refractivity contribution >= 4 is 32.6 Å². The molecule has 3 rings (SSSR count). The highest BCUT2D eigenvalue weighted by Gasteiger charge is 2.38. The number of sulfonamides is 1. The van der Waals surface area contributed by atoms with Crippen LogP contribution in [0.1, 0.15) is 5.56 Å². The lowest BCUT2D eigenvalue weighted by atomic mass is 10.2. The molecule has 9 heteroatoms. The summed E-state index contributed by atoms with van der Waals surface area (Å²) in [6.07, 6.45) is 1.43. The highest BCUT2D eigenvalue weighted by atomic mass is 32.3. The number of nitro benzene ring substituents is 1. The quantitative estimate of drug-likeness (QED) is 0.442. The molecule has 0 bridgehead atoms. The molecule has 1 atom stereocenters. The molecular formula is C17H17N3O4S2. The summed E-state index contributed by atoms with van der Waals surface area (Å²) in [7, 11) is -0.237. The minimum absolute atomic E-state index is 0.0187. The SMILES string of the molecule is CN(C)C1C=C(c2ccccc2)SN1S(=O)(=O)c1ccc([N+](=O)[O-])cc1. The van der Waals surface area contributed by atoms with Gasteiger partial charge in [0.05, 0.1) is 9.82 Å². The van der Waals surface area contributed by atoms with Gasteiger partial charge >= 0.3 is 0 Å². The van der Waals surface area contributed by atoms with E-state index < -0.39 is 21.1 Å². The zero-order chi connectivity index (χ0) is 18.9. The summed E-state index contributed by atoms with van der Waals surface area (Å²) in [5.41, 5.74) is 0.788. The van der Waals surface area contributed by atoms with Crippen molar-refractivity contribution in [3.63, 3.8) is 0 Å². The normalized spacial score (nSPS) is 18.1. The van der Waals surface area contributed by atoms with E-state index in [1.165, 1.54) is 28.0 Å². The first-order valence-electron chi connectivity index (χ1n) is 7.71. The minimum Gasteiger partial charge on any atom is -0.289 e. The summed E-state index contributed by atoms with van der Waals surface area (Å²) >= 11 is 1.14. The van der Waals surface area contributed by atoms with E-state index in [1.807, 2.05) is 36.4 Å². The van der Waals surface area contributed by atoms with Gasteiger partial charge < -0.3 is 0 Å². The summed E-state index contributed by atoms with van der Waals surface area (Å²) in [6.45, 7) is 0. The smallest absolute Gasteiger partial charge is 0.269 e. The predicted octanol–water partition coefficient (Wildman–Crippen LogP) is 3.18. The van der Waals surface area contributed by atoms with Gasteiger partial charge in [0.1, 0.15) is 6.17 Å². The number of rotatable bonds is 5. The second kappa shape index (κ2) is 7.20. The van der Waals surface area contributed by atoms with Crippen LogP contribution in [-0.2, 0) is 10.0 Å². The molecule has 0 saturated carbocycles. The Bertz CT molecular complexity index is 942. The second-order valence-corrected chi connectivity index (χ2v) is 8.94. The largest absolute Gasteiger partial charge is 0.289 e. The van der Waals surface area contributed by atoms with E-state index in [-0.39, 0.29) is 10.6 Å². The van der Waals surface area contributed by atoms with Crippen LogP contribution in [0.2, 0.25) is 0 Å². The molecule has 0 radical (unpaired) electrons. The zero-order valence-electron chi connectivity index (χ0n) is 14.1. The first kappa shape index (κ1) is 18.6. The van der Waals surface area contributed by atoms with E-state index in [0.717, 1.165) is 22.4 Å². The van der Waals surface area contributed by atoms with E-state index in [1.54, 1.807) is 19.0 Å². The summed E-state index contributed by atoms with van der Waals surface area (Å²) < 4.78 is 27.5. The van der Waals surface area contributed by atoms with Gasteiger partial charge in [-0.25, -0.2) is 8.42 Å². The van der Waals surface area contributed by atoms with Crippen LogP contribution in [0.15, 0.2) is 65.6 Å². The van der Waals surface area contributed by atoms with Gasteiger partial charge in [-0.05, 0) is 49.8 Å². The van der Waals surface area contributed by atoms with Gasteiger partial charge in [-0.15, -0.1) is 3.71 Å². The van der Waals surface area contributed by atoms with Crippen molar-refractivity contribution in [2.45, 2.75) is 11.1 Å². The summed E-state index contributed by atoms with van der Waals surface area (Å²) in [4.78, 5) is 12.9. The van der Waals surface area contributed by atoms with E-state index >= 15 is 0 Å². The molecule has 1 aliphatic rings. The number of non-ortho nitro benzene ring substituents is 1. The Morgan fingerprint density at radius 2 is 1.69 bits per heavy atom. The summed E-state index contributed by atoms with van der Waals surface area (Å²) in [6, 6.07) is 14.5. The number of nitrogens with zero attached hydrogens (tertiary/aromatic N) is 3. The molecule has 0 amide bonds. The third-order valence-corrected chi connectivity index (χ3v) is 7.21. The molecule has 1 aliphatic heterocycles. The predicted molar refractivity (Wildman–Crippen MR) is 102 cm³/mol. The van der Waals surface area contributed by atoms with Crippen molar-refractivity contribution in [3.8, 4) is 0 Å². The van der Waals surface area contributed by atoms with Gasteiger partial charge in [0.2, 0.25) is 0 Å². The zero-order valence-corrected chi connectivity index (χ0v) is 15.8. The maximum absolute atomic E-state index is 13.1. The van der Waals surface area contributed by atoms with Crippen LogP contribution >= 0.6 is 11.9 Å². The Balaban J connectivity index is 1.95. The van der Waals surface area contributed by atoms with E-state index in [4.69, 9.17) is 0 Å². The molecule has 1 unspecified atom stereocenters. The molecule has 2 aromatic rings. The Morgan fingerprint density at radius 1 is 1.08 bits per heavy atom. The molecule has 26 heavy (non-hydrogen) atoms.